The number of rotatable bonds is 3. The van der Waals surface area contributed by atoms with Gasteiger partial charge in [0.05, 0.1) is 9.75 Å². The molecule has 4 nitrogen and oxygen atoms in total. The van der Waals surface area contributed by atoms with Gasteiger partial charge in [0, 0.05) is 18.7 Å². The van der Waals surface area contributed by atoms with Crippen LogP contribution in [0, 0.1) is 6.92 Å². The summed E-state index contributed by atoms with van der Waals surface area (Å²) in [5.74, 6) is -1.15. The van der Waals surface area contributed by atoms with Gasteiger partial charge in [-0.1, -0.05) is 5.16 Å². The molecule has 2 aromatic rings. The Kier molecular flexibility index (Phi) is 5.21. The number of hydrogen-bond acceptors (Lipinski definition) is 4. The predicted molar refractivity (Wildman–Crippen MR) is 92.7 cm³/mol. The van der Waals surface area contributed by atoms with Gasteiger partial charge in [-0.3, -0.25) is 4.79 Å². The number of likely N-dealkylation sites (tertiary alicyclic amines) is 1. The predicted octanol–water partition coefficient (Wildman–Crippen LogP) is 4.64. The lowest BCUT2D eigenvalue weighted by Gasteiger charge is -2.31. The first-order valence-electron chi connectivity index (χ1n) is 7.91. The molecule has 1 saturated heterocycles. The first-order chi connectivity index (χ1) is 11.8. The minimum absolute atomic E-state index is 0.0569. The van der Waals surface area contributed by atoms with Gasteiger partial charge < -0.3 is 9.42 Å². The van der Waals surface area contributed by atoms with Crippen molar-refractivity contribution < 1.29 is 22.5 Å². The van der Waals surface area contributed by atoms with E-state index in [2.05, 4.69) is 16.3 Å². The minimum Gasteiger partial charge on any atom is -0.351 e. The molecule has 0 N–H and O–H groups in total. The summed E-state index contributed by atoms with van der Waals surface area (Å²) in [4.78, 5) is 15.5. The number of hydrogen-bond donors (Lipinski definition) is 0. The molecule has 0 saturated carbocycles. The summed E-state index contributed by atoms with van der Waals surface area (Å²) in [5, 5.41) is 3.55. The summed E-state index contributed by atoms with van der Waals surface area (Å²) in [6.45, 7) is 4.96. The Morgan fingerprint density at radius 1 is 1.44 bits per heavy atom. The van der Waals surface area contributed by atoms with Gasteiger partial charge in [0.15, 0.2) is 0 Å². The van der Waals surface area contributed by atoms with Crippen molar-refractivity contribution in [3.63, 3.8) is 0 Å². The molecule has 0 radical (unpaired) electrons. The summed E-state index contributed by atoms with van der Waals surface area (Å²) >= 11 is 1.16. The molecule has 2 unspecified atom stereocenters. The largest absolute Gasteiger partial charge is 0.452 e. The second kappa shape index (κ2) is 7.08. The maximum absolute atomic E-state index is 12.8. The normalized spacial score (nSPS) is 19.1. The molecule has 9 heteroatoms. The Bertz CT molecular complexity index is 772. The van der Waals surface area contributed by atoms with Crippen LogP contribution in [0.2, 0.25) is 0 Å². The zero-order valence-corrected chi connectivity index (χ0v) is 15.6. The van der Waals surface area contributed by atoms with Crippen LogP contribution in [0.4, 0.5) is 13.2 Å². The number of thiophene rings is 1. The molecule has 3 rings (SSSR count). The Balaban J connectivity index is 1.81. The fraction of sp³-hybridized carbons (Fsp3) is 0.500. The van der Waals surface area contributed by atoms with Gasteiger partial charge in [-0.15, -0.1) is 19.9 Å². The molecule has 0 bridgehead atoms. The molecule has 0 aromatic carbocycles. The van der Waals surface area contributed by atoms with E-state index in [9.17, 15) is 18.0 Å². The van der Waals surface area contributed by atoms with Crippen LogP contribution in [0.1, 0.15) is 33.8 Å². The minimum atomic E-state index is -4.57. The van der Waals surface area contributed by atoms with Gasteiger partial charge in [0.1, 0.15) is 5.69 Å². The van der Waals surface area contributed by atoms with Crippen LogP contribution in [0.25, 0.3) is 10.6 Å². The molecule has 136 valence electrons. The summed E-state index contributed by atoms with van der Waals surface area (Å²) in [7, 11) is 0.802. The Morgan fingerprint density at radius 3 is 2.84 bits per heavy atom. The smallest absolute Gasteiger partial charge is 0.351 e. The van der Waals surface area contributed by atoms with Crippen molar-refractivity contribution >= 4 is 25.8 Å². The number of aromatic nitrogens is 1. The van der Waals surface area contributed by atoms with Crippen LogP contribution in [0.5, 0.6) is 0 Å². The van der Waals surface area contributed by atoms with Crippen molar-refractivity contribution in [2.24, 2.45) is 0 Å². The van der Waals surface area contributed by atoms with Crippen molar-refractivity contribution in [2.45, 2.75) is 31.6 Å². The average Bonchev–Trinajstić information content (AvgIpc) is 3.20. The summed E-state index contributed by atoms with van der Waals surface area (Å²) < 4.78 is 43.0. The molecule has 3 heterocycles. The van der Waals surface area contributed by atoms with Crippen molar-refractivity contribution in [3.05, 3.63) is 28.3 Å². The molecule has 0 aliphatic carbocycles. The van der Waals surface area contributed by atoms with Crippen LogP contribution in [-0.4, -0.2) is 41.4 Å². The number of nitrogens with zero attached hydrogens (tertiary/aromatic N) is 2. The van der Waals surface area contributed by atoms with Crippen LogP contribution < -0.4 is 0 Å². The van der Waals surface area contributed by atoms with Crippen molar-refractivity contribution in [3.8, 4) is 10.6 Å². The van der Waals surface area contributed by atoms with Gasteiger partial charge in [0.2, 0.25) is 5.76 Å². The molecule has 1 aliphatic rings. The van der Waals surface area contributed by atoms with Gasteiger partial charge in [-0.2, -0.15) is 13.2 Å². The Morgan fingerprint density at radius 2 is 2.20 bits per heavy atom. The summed E-state index contributed by atoms with van der Waals surface area (Å²) in [5.41, 5.74) is 0.630. The molecular formula is C16H18F3N2O2PS. The van der Waals surface area contributed by atoms with E-state index >= 15 is 0 Å². The highest BCUT2D eigenvalue weighted by molar-refractivity contribution is 7.37. The van der Waals surface area contributed by atoms with E-state index in [1.165, 1.54) is 6.92 Å². The molecule has 2 atom stereocenters. The van der Waals surface area contributed by atoms with Gasteiger partial charge in [-0.25, -0.2) is 0 Å². The number of amides is 1. The molecule has 2 aromatic heterocycles. The van der Waals surface area contributed by atoms with Gasteiger partial charge >= 0.3 is 6.18 Å². The number of piperidine rings is 1. The summed E-state index contributed by atoms with van der Waals surface area (Å²) in [6, 6.07) is 3.29. The second-order valence-corrected chi connectivity index (χ2v) is 8.50. The highest BCUT2D eigenvalue weighted by atomic mass is 32.1. The van der Waals surface area contributed by atoms with E-state index in [0.717, 1.165) is 45.8 Å². The van der Waals surface area contributed by atoms with Gasteiger partial charge in [-0.05, 0) is 44.2 Å². The topological polar surface area (TPSA) is 46.3 Å². The lowest BCUT2D eigenvalue weighted by atomic mass is 10.1. The third-order valence-electron chi connectivity index (χ3n) is 4.35. The Hall–Kier alpha value is -1.40. The highest BCUT2D eigenvalue weighted by Crippen LogP contribution is 2.38. The zero-order chi connectivity index (χ0) is 18.2. The van der Waals surface area contributed by atoms with E-state index in [1.807, 2.05) is 4.90 Å². The van der Waals surface area contributed by atoms with Crippen LogP contribution in [0.3, 0.4) is 0 Å². The number of alkyl halides is 3. The van der Waals surface area contributed by atoms with Crippen LogP contribution >= 0.6 is 19.9 Å². The highest BCUT2D eigenvalue weighted by Gasteiger charge is 2.39. The van der Waals surface area contributed by atoms with E-state index in [0.29, 0.717) is 15.4 Å². The van der Waals surface area contributed by atoms with Gasteiger partial charge in [0.25, 0.3) is 5.91 Å². The molecule has 1 aliphatic heterocycles. The quantitative estimate of drug-likeness (QED) is 0.717. The molecule has 1 amide bonds. The molecule has 25 heavy (non-hydrogen) atoms. The molecule has 0 spiro atoms. The lowest BCUT2D eigenvalue weighted by Crippen LogP contribution is -2.40. The maximum Gasteiger partial charge on any atom is 0.452 e. The molecule has 1 fully saturated rings. The fourth-order valence-corrected chi connectivity index (χ4v) is 4.87. The van der Waals surface area contributed by atoms with E-state index in [-0.39, 0.29) is 17.2 Å². The zero-order valence-electron chi connectivity index (χ0n) is 13.8. The van der Waals surface area contributed by atoms with Crippen LogP contribution in [0.15, 0.2) is 16.7 Å². The van der Waals surface area contributed by atoms with E-state index < -0.39 is 11.9 Å². The van der Waals surface area contributed by atoms with E-state index in [4.69, 9.17) is 0 Å². The number of carbonyl (C=O) groups is 1. The average molecular weight is 390 g/mol. The summed E-state index contributed by atoms with van der Waals surface area (Å²) in [6.07, 6.45) is -2.44. The van der Waals surface area contributed by atoms with Crippen molar-refractivity contribution in [1.82, 2.24) is 10.1 Å². The third-order valence-corrected chi connectivity index (χ3v) is 6.72. The number of carbonyl (C=O) groups excluding carboxylic acids is 1. The first kappa shape index (κ1) is 18.4. The standard InChI is InChI=1S/C16H18F3N2O2PS/c1-9-13(20-23-14(9)16(17,18)19)11-5-6-12(25-11)15(22)21-7-3-4-10(8-21)24-2/h5-6,10,24H,3-4,7-8H2,1-2H3. The monoisotopic (exact) mass is 390 g/mol. The van der Waals surface area contributed by atoms with E-state index in [1.54, 1.807) is 12.1 Å². The molecular weight excluding hydrogens is 372 g/mol. The SMILES string of the molecule is CPC1CCCN(C(=O)c2ccc(-c3noc(C(F)(F)F)c3C)s2)C1. The lowest BCUT2D eigenvalue weighted by molar-refractivity contribution is -0.156. The second-order valence-electron chi connectivity index (χ2n) is 6.03. The van der Waals surface area contributed by atoms with Crippen LogP contribution in [-0.2, 0) is 6.18 Å². The first-order valence-corrected chi connectivity index (χ1v) is 10.3. The fourth-order valence-electron chi connectivity index (χ4n) is 2.96. The third kappa shape index (κ3) is 3.75. The van der Waals surface area contributed by atoms with Crippen molar-refractivity contribution in [1.29, 1.82) is 0 Å². The Labute approximate surface area is 149 Å². The maximum atomic E-state index is 12.8. The van der Waals surface area contributed by atoms with Crippen molar-refractivity contribution in [2.75, 3.05) is 19.8 Å². The number of halogens is 3.